The maximum atomic E-state index is 5.55. The second-order valence-corrected chi connectivity index (χ2v) is 6.03. The van der Waals surface area contributed by atoms with E-state index in [-0.39, 0.29) is 0 Å². The lowest BCUT2D eigenvalue weighted by Gasteiger charge is -2.33. The third-order valence-corrected chi connectivity index (χ3v) is 4.46. The van der Waals surface area contributed by atoms with E-state index in [4.69, 9.17) is 9.47 Å². The van der Waals surface area contributed by atoms with Gasteiger partial charge in [0.25, 0.3) is 0 Å². The van der Waals surface area contributed by atoms with Gasteiger partial charge in [0.05, 0.1) is 0 Å². The number of para-hydroxylation sites is 1. The minimum Gasteiger partial charge on any atom is -0.454 e. The van der Waals surface area contributed by atoms with Crippen molar-refractivity contribution in [3.8, 4) is 11.5 Å². The molecule has 0 amide bonds. The first kappa shape index (κ1) is 12.8. The third-order valence-electron chi connectivity index (χ3n) is 4.46. The van der Waals surface area contributed by atoms with Crippen molar-refractivity contribution < 1.29 is 9.47 Å². The Morgan fingerprint density at radius 3 is 2.95 bits per heavy atom. The van der Waals surface area contributed by atoms with Crippen LogP contribution in [0.4, 0.5) is 0 Å². The van der Waals surface area contributed by atoms with Crippen LogP contribution in [-0.2, 0) is 6.54 Å². The number of hydrogen-bond acceptors (Lipinski definition) is 3. The van der Waals surface area contributed by atoms with E-state index in [2.05, 4.69) is 25.2 Å². The molecule has 1 saturated carbocycles. The highest BCUT2D eigenvalue weighted by atomic mass is 16.7. The van der Waals surface area contributed by atoms with Crippen LogP contribution in [0.25, 0.3) is 0 Å². The van der Waals surface area contributed by atoms with E-state index in [1.165, 1.54) is 24.8 Å². The van der Waals surface area contributed by atoms with Gasteiger partial charge < -0.3 is 14.8 Å². The zero-order valence-electron chi connectivity index (χ0n) is 11.8. The van der Waals surface area contributed by atoms with Gasteiger partial charge in [-0.05, 0) is 37.2 Å². The summed E-state index contributed by atoms with van der Waals surface area (Å²) in [5.41, 5.74) is 1.21. The standard InChI is InChI=1S/C16H23NO2/c1-11-6-7-14(12(2)8-11)17-9-13-4-3-5-15-16(13)19-10-18-15/h3-5,11-12,14,17H,6-10H2,1-2H3. The molecule has 3 rings (SSSR count). The second-order valence-electron chi connectivity index (χ2n) is 6.03. The van der Waals surface area contributed by atoms with Gasteiger partial charge in [-0.25, -0.2) is 0 Å². The van der Waals surface area contributed by atoms with Crippen LogP contribution in [0.5, 0.6) is 11.5 Å². The molecule has 104 valence electrons. The summed E-state index contributed by atoms with van der Waals surface area (Å²) in [6.45, 7) is 5.95. The van der Waals surface area contributed by atoms with Crippen LogP contribution in [0.3, 0.4) is 0 Å². The average molecular weight is 261 g/mol. The van der Waals surface area contributed by atoms with Crippen molar-refractivity contribution in [2.24, 2.45) is 11.8 Å². The second kappa shape index (κ2) is 5.41. The first-order valence-electron chi connectivity index (χ1n) is 7.35. The molecule has 19 heavy (non-hydrogen) atoms. The predicted molar refractivity (Wildman–Crippen MR) is 75.4 cm³/mol. The Morgan fingerprint density at radius 2 is 2.11 bits per heavy atom. The highest BCUT2D eigenvalue weighted by molar-refractivity contribution is 5.48. The number of rotatable bonds is 3. The number of nitrogens with one attached hydrogen (secondary N) is 1. The van der Waals surface area contributed by atoms with Crippen LogP contribution < -0.4 is 14.8 Å². The van der Waals surface area contributed by atoms with Crippen LogP contribution in [0.2, 0.25) is 0 Å². The summed E-state index contributed by atoms with van der Waals surface area (Å²) < 4.78 is 11.0. The third kappa shape index (κ3) is 2.71. The maximum absolute atomic E-state index is 5.55. The normalized spacial score (nSPS) is 29.5. The van der Waals surface area contributed by atoms with Crippen molar-refractivity contribution in [3.63, 3.8) is 0 Å². The summed E-state index contributed by atoms with van der Waals surface area (Å²) in [5.74, 6) is 3.44. The molecule has 3 nitrogen and oxygen atoms in total. The molecule has 1 heterocycles. The van der Waals surface area contributed by atoms with E-state index >= 15 is 0 Å². The molecule has 1 aliphatic carbocycles. The molecule has 2 aliphatic rings. The Hall–Kier alpha value is -1.22. The quantitative estimate of drug-likeness (QED) is 0.905. The molecule has 0 saturated heterocycles. The lowest BCUT2D eigenvalue weighted by Crippen LogP contribution is -2.38. The summed E-state index contributed by atoms with van der Waals surface area (Å²) in [6, 6.07) is 6.76. The minimum absolute atomic E-state index is 0.351. The van der Waals surface area contributed by atoms with E-state index in [1.54, 1.807) is 0 Å². The maximum Gasteiger partial charge on any atom is 0.231 e. The fraction of sp³-hybridized carbons (Fsp3) is 0.625. The first-order valence-corrected chi connectivity index (χ1v) is 7.35. The summed E-state index contributed by atoms with van der Waals surface area (Å²) >= 11 is 0. The van der Waals surface area contributed by atoms with Crippen molar-refractivity contribution in [2.75, 3.05) is 6.79 Å². The zero-order chi connectivity index (χ0) is 13.2. The molecular formula is C16H23NO2. The molecule has 1 fully saturated rings. The molecule has 3 heteroatoms. The molecule has 0 aromatic heterocycles. The van der Waals surface area contributed by atoms with Crippen LogP contribution in [0.1, 0.15) is 38.7 Å². The van der Waals surface area contributed by atoms with E-state index in [1.807, 2.05) is 12.1 Å². The summed E-state index contributed by atoms with van der Waals surface area (Å²) in [5, 5.41) is 3.70. The predicted octanol–water partition coefficient (Wildman–Crippen LogP) is 3.33. The monoisotopic (exact) mass is 261 g/mol. The molecule has 3 atom stereocenters. The topological polar surface area (TPSA) is 30.5 Å². The smallest absolute Gasteiger partial charge is 0.231 e. The number of hydrogen-bond donors (Lipinski definition) is 1. The zero-order valence-corrected chi connectivity index (χ0v) is 11.8. The lowest BCUT2D eigenvalue weighted by molar-refractivity contribution is 0.172. The number of ether oxygens (including phenoxy) is 2. The Bertz CT molecular complexity index is 446. The Balaban J connectivity index is 1.62. The van der Waals surface area contributed by atoms with Crippen molar-refractivity contribution in [2.45, 2.75) is 45.7 Å². The fourth-order valence-electron chi connectivity index (χ4n) is 3.34. The molecule has 1 N–H and O–H groups in total. The van der Waals surface area contributed by atoms with Gasteiger partial charge in [-0.2, -0.15) is 0 Å². The van der Waals surface area contributed by atoms with Crippen molar-refractivity contribution in [3.05, 3.63) is 23.8 Å². The molecule has 1 aliphatic heterocycles. The Morgan fingerprint density at radius 1 is 1.21 bits per heavy atom. The van der Waals surface area contributed by atoms with Gasteiger partial charge in [0.2, 0.25) is 6.79 Å². The van der Waals surface area contributed by atoms with Gasteiger partial charge >= 0.3 is 0 Å². The van der Waals surface area contributed by atoms with Crippen molar-refractivity contribution >= 4 is 0 Å². The van der Waals surface area contributed by atoms with Gasteiger partial charge in [0, 0.05) is 18.2 Å². The Kier molecular flexibility index (Phi) is 3.65. The largest absolute Gasteiger partial charge is 0.454 e. The van der Waals surface area contributed by atoms with Gasteiger partial charge in [-0.1, -0.05) is 26.0 Å². The van der Waals surface area contributed by atoms with Crippen LogP contribution in [-0.4, -0.2) is 12.8 Å². The molecule has 0 spiro atoms. The van der Waals surface area contributed by atoms with E-state index in [0.717, 1.165) is 29.9 Å². The highest BCUT2D eigenvalue weighted by Crippen LogP contribution is 2.35. The average Bonchev–Trinajstić information content (AvgIpc) is 2.86. The van der Waals surface area contributed by atoms with E-state index in [0.29, 0.717) is 12.8 Å². The van der Waals surface area contributed by atoms with Gasteiger partial charge in [-0.15, -0.1) is 0 Å². The Labute approximate surface area is 115 Å². The van der Waals surface area contributed by atoms with Gasteiger partial charge in [-0.3, -0.25) is 0 Å². The van der Waals surface area contributed by atoms with Crippen LogP contribution >= 0.6 is 0 Å². The van der Waals surface area contributed by atoms with Gasteiger partial charge in [0.15, 0.2) is 11.5 Å². The summed E-state index contributed by atoms with van der Waals surface area (Å²) in [6.07, 6.45) is 3.97. The minimum atomic E-state index is 0.351. The summed E-state index contributed by atoms with van der Waals surface area (Å²) in [4.78, 5) is 0. The lowest BCUT2D eigenvalue weighted by atomic mass is 9.80. The van der Waals surface area contributed by atoms with Crippen molar-refractivity contribution in [1.82, 2.24) is 5.32 Å². The molecule has 0 radical (unpaired) electrons. The first-order chi connectivity index (χ1) is 9.24. The molecule has 1 aromatic carbocycles. The fourth-order valence-corrected chi connectivity index (χ4v) is 3.34. The number of benzene rings is 1. The molecule has 1 aromatic rings. The molecule has 3 unspecified atom stereocenters. The SMILES string of the molecule is CC1CCC(NCc2cccc3c2OCO3)C(C)C1. The van der Waals surface area contributed by atoms with E-state index in [9.17, 15) is 0 Å². The molecular weight excluding hydrogens is 238 g/mol. The van der Waals surface area contributed by atoms with Crippen molar-refractivity contribution in [1.29, 1.82) is 0 Å². The summed E-state index contributed by atoms with van der Waals surface area (Å²) in [7, 11) is 0. The molecule has 0 bridgehead atoms. The highest BCUT2D eigenvalue weighted by Gasteiger charge is 2.25. The van der Waals surface area contributed by atoms with Gasteiger partial charge in [0.1, 0.15) is 0 Å². The number of fused-ring (bicyclic) bond motifs is 1. The van der Waals surface area contributed by atoms with Crippen LogP contribution in [0, 0.1) is 11.8 Å². The van der Waals surface area contributed by atoms with E-state index < -0.39 is 0 Å². The van der Waals surface area contributed by atoms with Crippen LogP contribution in [0.15, 0.2) is 18.2 Å².